The average Bonchev–Trinajstić information content (AvgIpc) is 2.34. The van der Waals surface area contributed by atoms with Crippen LogP contribution in [0.5, 0.6) is 0 Å². The summed E-state index contributed by atoms with van der Waals surface area (Å²) < 4.78 is 24.6. The molecule has 0 aromatic rings. The molecule has 1 amide bonds. The molecular weight excluding hydrogens is 278 g/mol. The molecule has 20 heavy (non-hydrogen) atoms. The Morgan fingerprint density at radius 1 is 1.50 bits per heavy atom. The summed E-state index contributed by atoms with van der Waals surface area (Å²) in [5.74, 6) is -0.154. The first-order valence-corrected chi connectivity index (χ1v) is 9.11. The number of nitrogens with zero attached hydrogens (tertiary/aromatic N) is 1. The van der Waals surface area contributed by atoms with E-state index in [1.54, 1.807) is 0 Å². The van der Waals surface area contributed by atoms with Gasteiger partial charge in [-0.3, -0.25) is 4.79 Å². The van der Waals surface area contributed by atoms with Gasteiger partial charge in [0.1, 0.15) is 0 Å². The molecule has 1 aliphatic rings. The number of hydrogen-bond donors (Lipinski definition) is 2. The van der Waals surface area contributed by atoms with Crippen LogP contribution in [0.2, 0.25) is 0 Å². The van der Waals surface area contributed by atoms with Gasteiger partial charge in [0, 0.05) is 19.1 Å². The fourth-order valence-electron chi connectivity index (χ4n) is 2.63. The van der Waals surface area contributed by atoms with Crippen LogP contribution in [0, 0.1) is 5.92 Å². The van der Waals surface area contributed by atoms with E-state index >= 15 is 0 Å². The van der Waals surface area contributed by atoms with Crippen LogP contribution in [-0.4, -0.2) is 50.1 Å². The third-order valence-electron chi connectivity index (χ3n) is 3.94. The van der Waals surface area contributed by atoms with Gasteiger partial charge in [0.25, 0.3) is 0 Å². The van der Waals surface area contributed by atoms with E-state index in [0.717, 1.165) is 19.3 Å². The molecule has 7 heteroatoms. The number of sulfonamides is 1. The smallest absolute Gasteiger partial charge is 0.234 e. The highest BCUT2D eigenvalue weighted by Crippen LogP contribution is 2.20. The van der Waals surface area contributed by atoms with Crippen molar-refractivity contribution in [3.63, 3.8) is 0 Å². The first-order chi connectivity index (χ1) is 9.25. The quantitative estimate of drug-likeness (QED) is 0.707. The van der Waals surface area contributed by atoms with Gasteiger partial charge in [0.15, 0.2) is 0 Å². The molecular formula is C13H27N3O3S. The molecule has 3 atom stereocenters. The fourth-order valence-corrected chi connectivity index (χ4v) is 3.57. The largest absolute Gasteiger partial charge is 0.368 e. The third kappa shape index (κ3) is 5.03. The Morgan fingerprint density at radius 2 is 2.15 bits per heavy atom. The minimum absolute atomic E-state index is 0.141. The number of carbonyl (C=O) groups excluding carboxylic acids is 1. The highest BCUT2D eigenvalue weighted by Gasteiger charge is 2.32. The highest BCUT2D eigenvalue weighted by atomic mass is 32.2. The second-order valence-electron chi connectivity index (χ2n) is 5.76. The van der Waals surface area contributed by atoms with Crippen molar-refractivity contribution < 1.29 is 13.2 Å². The van der Waals surface area contributed by atoms with Crippen LogP contribution >= 0.6 is 0 Å². The zero-order chi connectivity index (χ0) is 15.3. The van der Waals surface area contributed by atoms with E-state index in [0.29, 0.717) is 19.5 Å². The summed E-state index contributed by atoms with van der Waals surface area (Å²) in [7, 11) is -3.13. The molecule has 3 N–H and O–H groups in total. The lowest BCUT2D eigenvalue weighted by molar-refractivity contribution is -0.120. The molecule has 1 heterocycles. The molecule has 0 radical (unpaired) electrons. The van der Waals surface area contributed by atoms with E-state index in [2.05, 4.69) is 12.2 Å². The highest BCUT2D eigenvalue weighted by molar-refractivity contribution is 7.88. The number of rotatable bonds is 7. The number of primary amides is 1. The summed E-state index contributed by atoms with van der Waals surface area (Å²) in [5, 5.41) is 3.32. The summed E-state index contributed by atoms with van der Waals surface area (Å²) in [6, 6.07) is -0.172. The topological polar surface area (TPSA) is 92.5 Å². The van der Waals surface area contributed by atoms with E-state index in [4.69, 9.17) is 5.73 Å². The van der Waals surface area contributed by atoms with Gasteiger partial charge in [-0.15, -0.1) is 0 Å². The molecule has 6 nitrogen and oxygen atoms in total. The summed E-state index contributed by atoms with van der Waals surface area (Å²) in [5.41, 5.74) is 5.43. The second-order valence-corrected chi connectivity index (χ2v) is 7.74. The molecule has 0 aliphatic carbocycles. The van der Waals surface area contributed by atoms with Gasteiger partial charge in [-0.2, -0.15) is 0 Å². The monoisotopic (exact) mass is 305 g/mol. The van der Waals surface area contributed by atoms with Gasteiger partial charge in [0.05, 0.1) is 12.3 Å². The maximum Gasteiger partial charge on any atom is 0.234 e. The van der Waals surface area contributed by atoms with E-state index in [-0.39, 0.29) is 23.9 Å². The van der Waals surface area contributed by atoms with Gasteiger partial charge >= 0.3 is 0 Å². The molecule has 1 saturated heterocycles. The summed E-state index contributed by atoms with van der Waals surface area (Å²) >= 11 is 0. The number of carbonyl (C=O) groups is 1. The van der Waals surface area contributed by atoms with E-state index in [1.807, 2.05) is 6.92 Å². The van der Waals surface area contributed by atoms with Crippen molar-refractivity contribution >= 4 is 15.9 Å². The molecule has 0 aromatic heterocycles. The van der Waals surface area contributed by atoms with E-state index < -0.39 is 10.0 Å². The molecule has 118 valence electrons. The minimum Gasteiger partial charge on any atom is -0.368 e. The SMILES string of the molecule is CCCC[C@H](N[C@H]1CCN(S(C)(=O)=O)C[C@H]1C)C(N)=O. The molecule has 0 unspecified atom stereocenters. The minimum atomic E-state index is -3.13. The van der Waals surface area contributed by atoms with E-state index in [9.17, 15) is 13.2 Å². The summed E-state index contributed by atoms with van der Waals surface area (Å²) in [6.45, 7) is 5.08. The predicted octanol–water partition coefficient (Wildman–Crippen LogP) is 0.290. The zero-order valence-corrected chi connectivity index (χ0v) is 13.4. The Balaban J connectivity index is 2.58. The Labute approximate surface area is 122 Å². The molecule has 0 bridgehead atoms. The van der Waals surface area contributed by atoms with Crippen molar-refractivity contribution in [2.24, 2.45) is 11.7 Å². The van der Waals surface area contributed by atoms with Crippen molar-refractivity contribution in [2.75, 3.05) is 19.3 Å². The van der Waals surface area contributed by atoms with Crippen LogP contribution in [0.25, 0.3) is 0 Å². The predicted molar refractivity (Wildman–Crippen MR) is 79.6 cm³/mol. The number of unbranched alkanes of at least 4 members (excludes halogenated alkanes) is 1. The number of piperidine rings is 1. The number of nitrogens with one attached hydrogen (secondary N) is 1. The van der Waals surface area contributed by atoms with Gasteiger partial charge in [0.2, 0.25) is 15.9 Å². The maximum absolute atomic E-state index is 11.5. The van der Waals surface area contributed by atoms with Crippen LogP contribution in [0.3, 0.4) is 0 Å². The first-order valence-electron chi connectivity index (χ1n) is 7.26. The molecule has 0 spiro atoms. The summed E-state index contributed by atoms with van der Waals surface area (Å²) in [4.78, 5) is 11.5. The molecule has 1 rings (SSSR count). The Morgan fingerprint density at radius 3 is 2.60 bits per heavy atom. The van der Waals surface area contributed by atoms with Crippen LogP contribution in [-0.2, 0) is 14.8 Å². The van der Waals surface area contributed by atoms with Gasteiger partial charge in [-0.25, -0.2) is 12.7 Å². The summed E-state index contributed by atoms with van der Waals surface area (Å²) in [6.07, 6.45) is 4.67. The van der Waals surface area contributed by atoms with Crippen molar-refractivity contribution in [1.29, 1.82) is 0 Å². The Hall–Kier alpha value is -0.660. The van der Waals surface area contributed by atoms with Crippen molar-refractivity contribution in [3.8, 4) is 0 Å². The van der Waals surface area contributed by atoms with Crippen molar-refractivity contribution in [2.45, 2.75) is 51.6 Å². The van der Waals surface area contributed by atoms with Crippen LogP contribution in [0.1, 0.15) is 39.5 Å². The van der Waals surface area contributed by atoms with Gasteiger partial charge in [-0.05, 0) is 18.8 Å². The lowest BCUT2D eigenvalue weighted by atomic mass is 9.93. The normalized spacial score (nSPS) is 26.4. The maximum atomic E-state index is 11.5. The number of nitrogens with two attached hydrogens (primary N) is 1. The second kappa shape index (κ2) is 7.38. The Bertz CT molecular complexity index is 425. The lowest BCUT2D eigenvalue weighted by Gasteiger charge is -2.37. The fraction of sp³-hybridized carbons (Fsp3) is 0.923. The van der Waals surface area contributed by atoms with Crippen LogP contribution in [0.15, 0.2) is 0 Å². The molecule has 0 saturated carbocycles. The van der Waals surface area contributed by atoms with Crippen LogP contribution < -0.4 is 11.1 Å². The van der Waals surface area contributed by atoms with Crippen molar-refractivity contribution in [3.05, 3.63) is 0 Å². The van der Waals surface area contributed by atoms with Gasteiger partial charge < -0.3 is 11.1 Å². The lowest BCUT2D eigenvalue weighted by Crippen LogP contribution is -2.54. The average molecular weight is 305 g/mol. The van der Waals surface area contributed by atoms with Crippen molar-refractivity contribution in [1.82, 2.24) is 9.62 Å². The zero-order valence-electron chi connectivity index (χ0n) is 12.6. The molecule has 1 aliphatic heterocycles. The van der Waals surface area contributed by atoms with Gasteiger partial charge in [-0.1, -0.05) is 26.7 Å². The number of hydrogen-bond acceptors (Lipinski definition) is 4. The third-order valence-corrected chi connectivity index (χ3v) is 5.21. The Kier molecular flexibility index (Phi) is 6.42. The van der Waals surface area contributed by atoms with Crippen LogP contribution in [0.4, 0.5) is 0 Å². The number of amides is 1. The standard InChI is InChI=1S/C13H27N3O3S/c1-4-5-6-12(13(14)17)15-11-7-8-16(9-10(11)2)20(3,18)19/h10-12,15H,4-9H2,1-3H3,(H2,14,17)/t10-,11+,12+/m1/s1. The molecule has 1 fully saturated rings. The molecule has 0 aromatic carbocycles. The first kappa shape index (κ1) is 17.4. The van der Waals surface area contributed by atoms with E-state index in [1.165, 1.54) is 10.6 Å².